The van der Waals surface area contributed by atoms with E-state index in [2.05, 4.69) is 11.4 Å². The maximum atomic E-state index is 8.76. The van der Waals surface area contributed by atoms with Crippen LogP contribution < -0.4 is 5.32 Å². The Morgan fingerprint density at radius 3 is 2.43 bits per heavy atom. The van der Waals surface area contributed by atoms with Gasteiger partial charge in [0.1, 0.15) is 0 Å². The lowest BCUT2D eigenvalue weighted by atomic mass is 9.82. The minimum Gasteiger partial charge on any atom is -0.378 e. The molecule has 14 heavy (non-hydrogen) atoms. The second-order valence-corrected chi connectivity index (χ2v) is 4.49. The molecule has 78 valence electrons. The number of nitrogens with one attached hydrogen (secondary N) is 1. The van der Waals surface area contributed by atoms with E-state index in [4.69, 9.17) is 10.00 Å². The lowest BCUT2D eigenvalue weighted by Crippen LogP contribution is -2.47. The van der Waals surface area contributed by atoms with Crippen LogP contribution >= 0.6 is 0 Å². The summed E-state index contributed by atoms with van der Waals surface area (Å²) >= 11 is 0. The first-order chi connectivity index (χ1) is 6.88. The Kier molecular flexibility index (Phi) is 3.39. The van der Waals surface area contributed by atoms with Crippen molar-refractivity contribution >= 4 is 0 Å². The monoisotopic (exact) mass is 194 g/mol. The quantitative estimate of drug-likeness (QED) is 0.736. The van der Waals surface area contributed by atoms with E-state index in [9.17, 15) is 0 Å². The third-order valence-electron chi connectivity index (χ3n) is 3.36. The van der Waals surface area contributed by atoms with Crippen molar-refractivity contribution in [3.63, 3.8) is 0 Å². The van der Waals surface area contributed by atoms with Crippen LogP contribution in [0.25, 0.3) is 0 Å². The molecule has 0 aromatic heterocycles. The van der Waals surface area contributed by atoms with Crippen LogP contribution in [0.2, 0.25) is 0 Å². The maximum Gasteiger partial charge on any atom is 0.0655 e. The SMILES string of the molecule is N#CC1CCC(CNC2COC2)CC1. The highest BCUT2D eigenvalue weighted by molar-refractivity contribution is 4.88. The highest BCUT2D eigenvalue weighted by Crippen LogP contribution is 2.27. The summed E-state index contributed by atoms with van der Waals surface area (Å²) in [5.41, 5.74) is 0. The Morgan fingerprint density at radius 1 is 1.21 bits per heavy atom. The lowest BCUT2D eigenvalue weighted by Gasteiger charge is -2.31. The van der Waals surface area contributed by atoms with E-state index in [1.807, 2.05) is 0 Å². The van der Waals surface area contributed by atoms with Crippen LogP contribution in [0, 0.1) is 23.2 Å². The lowest BCUT2D eigenvalue weighted by molar-refractivity contribution is -0.00717. The average molecular weight is 194 g/mol. The highest BCUT2D eigenvalue weighted by Gasteiger charge is 2.23. The minimum absolute atomic E-state index is 0.332. The van der Waals surface area contributed by atoms with Gasteiger partial charge in [0, 0.05) is 5.92 Å². The van der Waals surface area contributed by atoms with Crippen LogP contribution in [0.5, 0.6) is 0 Å². The number of hydrogen-bond donors (Lipinski definition) is 1. The van der Waals surface area contributed by atoms with Crippen LogP contribution in [0.1, 0.15) is 25.7 Å². The number of rotatable bonds is 3. The first-order valence-corrected chi connectivity index (χ1v) is 5.59. The predicted molar refractivity (Wildman–Crippen MR) is 53.7 cm³/mol. The second-order valence-electron chi connectivity index (χ2n) is 4.49. The Morgan fingerprint density at radius 2 is 1.93 bits per heavy atom. The molecular weight excluding hydrogens is 176 g/mol. The summed E-state index contributed by atoms with van der Waals surface area (Å²) in [4.78, 5) is 0. The Balaban J connectivity index is 1.61. The fourth-order valence-electron chi connectivity index (χ4n) is 2.18. The van der Waals surface area contributed by atoms with E-state index in [0.717, 1.165) is 38.5 Å². The van der Waals surface area contributed by atoms with Gasteiger partial charge >= 0.3 is 0 Å². The van der Waals surface area contributed by atoms with Crippen molar-refractivity contribution in [2.24, 2.45) is 11.8 Å². The molecule has 0 aromatic carbocycles. The smallest absolute Gasteiger partial charge is 0.0655 e. The molecule has 2 fully saturated rings. The molecule has 1 aliphatic carbocycles. The molecule has 0 radical (unpaired) electrons. The van der Waals surface area contributed by atoms with Gasteiger partial charge in [-0.3, -0.25) is 0 Å². The van der Waals surface area contributed by atoms with Crippen molar-refractivity contribution in [1.29, 1.82) is 5.26 Å². The number of hydrogen-bond acceptors (Lipinski definition) is 3. The Labute approximate surface area is 85.4 Å². The Bertz CT molecular complexity index is 212. The van der Waals surface area contributed by atoms with Gasteiger partial charge < -0.3 is 10.1 Å². The highest BCUT2D eigenvalue weighted by atomic mass is 16.5. The molecule has 2 rings (SSSR count). The van der Waals surface area contributed by atoms with E-state index in [-0.39, 0.29) is 0 Å². The molecule has 3 nitrogen and oxygen atoms in total. The van der Waals surface area contributed by atoms with E-state index >= 15 is 0 Å². The fourth-order valence-corrected chi connectivity index (χ4v) is 2.18. The zero-order valence-electron chi connectivity index (χ0n) is 8.54. The summed E-state index contributed by atoms with van der Waals surface area (Å²) in [6.45, 7) is 2.88. The van der Waals surface area contributed by atoms with Crippen molar-refractivity contribution in [2.45, 2.75) is 31.7 Å². The molecule has 1 saturated carbocycles. The van der Waals surface area contributed by atoms with Crippen LogP contribution in [-0.2, 0) is 4.74 Å². The molecule has 0 aromatic rings. The summed E-state index contributed by atoms with van der Waals surface area (Å²) in [7, 11) is 0. The zero-order chi connectivity index (χ0) is 9.80. The second kappa shape index (κ2) is 4.77. The molecule has 1 aliphatic heterocycles. The molecule has 0 bridgehead atoms. The first kappa shape index (κ1) is 9.95. The molecule has 1 N–H and O–H groups in total. The van der Waals surface area contributed by atoms with E-state index in [1.165, 1.54) is 12.8 Å². The molecule has 3 heteroatoms. The summed E-state index contributed by atoms with van der Waals surface area (Å²) < 4.78 is 5.10. The van der Waals surface area contributed by atoms with Gasteiger partial charge in [0.15, 0.2) is 0 Å². The van der Waals surface area contributed by atoms with E-state index in [0.29, 0.717) is 12.0 Å². The van der Waals surface area contributed by atoms with Gasteiger partial charge in [0.2, 0.25) is 0 Å². The summed E-state index contributed by atoms with van der Waals surface area (Å²) in [6, 6.07) is 2.97. The average Bonchev–Trinajstić information content (AvgIpc) is 2.16. The van der Waals surface area contributed by atoms with E-state index in [1.54, 1.807) is 0 Å². The number of ether oxygens (including phenoxy) is 1. The largest absolute Gasteiger partial charge is 0.378 e. The van der Waals surface area contributed by atoms with Gasteiger partial charge in [0.25, 0.3) is 0 Å². The molecule has 0 atom stereocenters. The third kappa shape index (κ3) is 2.46. The third-order valence-corrected chi connectivity index (χ3v) is 3.36. The molecule has 1 saturated heterocycles. The molecule has 0 amide bonds. The normalized spacial score (nSPS) is 33.4. The minimum atomic E-state index is 0.332. The maximum absolute atomic E-state index is 8.76. The Hall–Kier alpha value is -0.590. The van der Waals surface area contributed by atoms with Crippen molar-refractivity contribution in [3.8, 4) is 6.07 Å². The van der Waals surface area contributed by atoms with E-state index < -0.39 is 0 Å². The van der Waals surface area contributed by atoms with Gasteiger partial charge in [-0.05, 0) is 38.1 Å². The summed E-state index contributed by atoms with van der Waals surface area (Å²) in [5.74, 6) is 1.12. The summed E-state index contributed by atoms with van der Waals surface area (Å²) in [5, 5.41) is 12.3. The van der Waals surface area contributed by atoms with Crippen LogP contribution in [0.3, 0.4) is 0 Å². The first-order valence-electron chi connectivity index (χ1n) is 5.59. The van der Waals surface area contributed by atoms with Crippen LogP contribution in [0.4, 0.5) is 0 Å². The van der Waals surface area contributed by atoms with Gasteiger partial charge in [-0.15, -0.1) is 0 Å². The van der Waals surface area contributed by atoms with Gasteiger partial charge in [-0.25, -0.2) is 0 Å². The number of nitrogens with zero attached hydrogens (tertiary/aromatic N) is 1. The molecular formula is C11H18N2O. The van der Waals surface area contributed by atoms with Gasteiger partial charge in [-0.1, -0.05) is 0 Å². The fraction of sp³-hybridized carbons (Fsp3) is 0.909. The van der Waals surface area contributed by atoms with Gasteiger partial charge in [0.05, 0.1) is 25.3 Å². The summed E-state index contributed by atoms with van der Waals surface area (Å²) in [6.07, 6.45) is 4.64. The van der Waals surface area contributed by atoms with Crippen LogP contribution in [-0.4, -0.2) is 25.8 Å². The van der Waals surface area contributed by atoms with Crippen molar-refractivity contribution in [1.82, 2.24) is 5.32 Å². The van der Waals surface area contributed by atoms with Crippen molar-refractivity contribution in [2.75, 3.05) is 19.8 Å². The molecule has 0 unspecified atom stereocenters. The zero-order valence-corrected chi connectivity index (χ0v) is 8.54. The van der Waals surface area contributed by atoms with Gasteiger partial charge in [-0.2, -0.15) is 5.26 Å². The molecule has 2 aliphatic rings. The standard InChI is InChI=1S/C11H18N2O/c12-5-9-1-3-10(4-2-9)6-13-11-7-14-8-11/h9-11,13H,1-4,6-8H2. The molecule has 0 spiro atoms. The van der Waals surface area contributed by atoms with Crippen molar-refractivity contribution < 1.29 is 4.74 Å². The van der Waals surface area contributed by atoms with Crippen LogP contribution in [0.15, 0.2) is 0 Å². The number of nitriles is 1. The predicted octanol–water partition coefficient (Wildman–Crippen LogP) is 1.30. The topological polar surface area (TPSA) is 45.0 Å². The van der Waals surface area contributed by atoms with Crippen molar-refractivity contribution in [3.05, 3.63) is 0 Å². The molecule has 1 heterocycles.